The van der Waals surface area contributed by atoms with Gasteiger partial charge >= 0.3 is 5.97 Å². The van der Waals surface area contributed by atoms with Crippen LogP contribution in [0, 0.1) is 13.8 Å². The summed E-state index contributed by atoms with van der Waals surface area (Å²) in [7, 11) is 0. The van der Waals surface area contributed by atoms with Crippen LogP contribution >= 0.6 is 11.8 Å². The molecule has 0 atom stereocenters. The van der Waals surface area contributed by atoms with E-state index in [2.05, 4.69) is 30.1 Å². The van der Waals surface area contributed by atoms with E-state index in [0.29, 0.717) is 11.7 Å². The molecule has 1 aromatic heterocycles. The van der Waals surface area contributed by atoms with Crippen LogP contribution in [0.25, 0.3) is 11.4 Å². The van der Waals surface area contributed by atoms with Crippen LogP contribution in [0.5, 0.6) is 0 Å². The molecule has 0 aliphatic heterocycles. The van der Waals surface area contributed by atoms with Crippen LogP contribution in [0.1, 0.15) is 18.1 Å². The summed E-state index contributed by atoms with van der Waals surface area (Å²) in [5.41, 5.74) is 3.42. The lowest BCUT2D eigenvalue weighted by Crippen LogP contribution is -2.04. The third kappa shape index (κ3) is 2.85. The summed E-state index contributed by atoms with van der Waals surface area (Å²) in [6.45, 7) is 6.83. The van der Waals surface area contributed by atoms with Crippen LogP contribution in [0.3, 0.4) is 0 Å². The predicted octanol–water partition coefficient (Wildman–Crippen LogP) is 2.76. The Bertz CT molecular complexity index is 637. The Morgan fingerprint density at radius 1 is 1.35 bits per heavy atom. The van der Waals surface area contributed by atoms with Gasteiger partial charge in [0.2, 0.25) is 0 Å². The van der Waals surface area contributed by atoms with Crippen molar-refractivity contribution < 1.29 is 9.90 Å². The van der Waals surface area contributed by atoms with Gasteiger partial charge in [0.25, 0.3) is 0 Å². The third-order valence-electron chi connectivity index (χ3n) is 3.20. The third-order valence-corrected chi connectivity index (χ3v) is 4.15. The number of nitrogens with zero attached hydrogens (tertiary/aromatic N) is 3. The highest BCUT2D eigenvalue weighted by Crippen LogP contribution is 2.27. The molecule has 0 saturated carbocycles. The van der Waals surface area contributed by atoms with Crippen LogP contribution in [0.2, 0.25) is 0 Å². The van der Waals surface area contributed by atoms with Crippen molar-refractivity contribution in [3.05, 3.63) is 29.3 Å². The summed E-state index contributed by atoms with van der Waals surface area (Å²) in [6, 6.07) is 6.08. The number of hydrogen-bond donors (Lipinski definition) is 1. The van der Waals surface area contributed by atoms with Crippen molar-refractivity contribution in [2.45, 2.75) is 32.5 Å². The van der Waals surface area contributed by atoms with E-state index in [1.54, 1.807) is 0 Å². The maximum Gasteiger partial charge on any atom is 0.313 e. The fraction of sp³-hybridized carbons (Fsp3) is 0.357. The second-order valence-corrected chi connectivity index (χ2v) is 5.42. The van der Waals surface area contributed by atoms with Gasteiger partial charge in [0.05, 0.1) is 5.75 Å². The van der Waals surface area contributed by atoms with Gasteiger partial charge in [-0.25, -0.2) is 0 Å². The minimum absolute atomic E-state index is 0.00900. The molecule has 0 fully saturated rings. The van der Waals surface area contributed by atoms with Gasteiger partial charge in [-0.2, -0.15) is 0 Å². The summed E-state index contributed by atoms with van der Waals surface area (Å²) in [6.07, 6.45) is 0. The van der Waals surface area contributed by atoms with Gasteiger partial charge in [0.1, 0.15) is 0 Å². The Balaban J connectivity index is 2.42. The zero-order valence-electron chi connectivity index (χ0n) is 11.8. The molecule has 2 aromatic rings. The number of aliphatic carboxylic acids is 1. The summed E-state index contributed by atoms with van der Waals surface area (Å²) < 4.78 is 1.95. The molecule has 20 heavy (non-hydrogen) atoms. The average molecular weight is 291 g/mol. The molecule has 0 unspecified atom stereocenters. The lowest BCUT2D eigenvalue weighted by Gasteiger charge is -2.10. The van der Waals surface area contributed by atoms with Crippen molar-refractivity contribution in [1.29, 1.82) is 0 Å². The van der Waals surface area contributed by atoms with E-state index in [4.69, 9.17) is 5.11 Å². The van der Waals surface area contributed by atoms with E-state index in [1.165, 1.54) is 22.9 Å². The number of thioether (sulfide) groups is 1. The summed E-state index contributed by atoms with van der Waals surface area (Å²) in [5, 5.41) is 17.8. The Morgan fingerprint density at radius 3 is 2.75 bits per heavy atom. The predicted molar refractivity (Wildman–Crippen MR) is 79.0 cm³/mol. The van der Waals surface area contributed by atoms with E-state index in [0.717, 1.165) is 11.4 Å². The first kappa shape index (κ1) is 14.6. The van der Waals surface area contributed by atoms with Crippen LogP contribution < -0.4 is 0 Å². The highest BCUT2D eigenvalue weighted by molar-refractivity contribution is 7.99. The molecule has 0 aliphatic carbocycles. The van der Waals surface area contributed by atoms with Gasteiger partial charge in [0, 0.05) is 12.1 Å². The van der Waals surface area contributed by atoms with Gasteiger partial charge in [-0.3, -0.25) is 4.79 Å². The monoisotopic (exact) mass is 291 g/mol. The average Bonchev–Trinajstić information content (AvgIpc) is 2.82. The minimum Gasteiger partial charge on any atom is -0.481 e. The number of hydrogen-bond acceptors (Lipinski definition) is 4. The van der Waals surface area contributed by atoms with Gasteiger partial charge in [-0.1, -0.05) is 30.0 Å². The van der Waals surface area contributed by atoms with Gasteiger partial charge in [-0.05, 0) is 31.9 Å². The number of rotatable bonds is 5. The molecule has 0 amide bonds. The lowest BCUT2D eigenvalue weighted by molar-refractivity contribution is -0.133. The zero-order chi connectivity index (χ0) is 14.7. The number of carbonyl (C=O) groups is 1. The van der Waals surface area contributed by atoms with Crippen molar-refractivity contribution in [3.8, 4) is 11.4 Å². The van der Waals surface area contributed by atoms with Crippen molar-refractivity contribution >= 4 is 17.7 Å². The van der Waals surface area contributed by atoms with E-state index >= 15 is 0 Å². The molecular weight excluding hydrogens is 274 g/mol. The second-order valence-electron chi connectivity index (χ2n) is 4.48. The molecule has 1 heterocycles. The molecule has 0 spiro atoms. The van der Waals surface area contributed by atoms with Crippen LogP contribution in [0.15, 0.2) is 23.4 Å². The Kier molecular flexibility index (Phi) is 4.44. The molecular formula is C14H17N3O2S. The molecule has 0 saturated heterocycles. The topological polar surface area (TPSA) is 68.0 Å². The molecule has 0 radical (unpaired) electrons. The Labute approximate surface area is 122 Å². The SMILES string of the molecule is CCn1c(SCC(=O)O)nnc1-c1cccc(C)c1C. The summed E-state index contributed by atoms with van der Waals surface area (Å²) in [5.74, 6) is -0.0687. The van der Waals surface area contributed by atoms with E-state index in [-0.39, 0.29) is 5.75 Å². The maximum absolute atomic E-state index is 10.7. The Morgan fingerprint density at radius 2 is 2.10 bits per heavy atom. The molecule has 1 aromatic carbocycles. The number of carboxylic acid groups (broad SMARTS) is 1. The number of aryl methyl sites for hydroxylation is 1. The molecule has 106 valence electrons. The molecule has 0 aliphatic rings. The van der Waals surface area contributed by atoms with E-state index < -0.39 is 5.97 Å². The van der Waals surface area contributed by atoms with Crippen molar-refractivity contribution in [3.63, 3.8) is 0 Å². The molecule has 1 N–H and O–H groups in total. The van der Waals surface area contributed by atoms with E-state index in [9.17, 15) is 4.79 Å². The van der Waals surface area contributed by atoms with Gasteiger partial charge in [0.15, 0.2) is 11.0 Å². The maximum atomic E-state index is 10.7. The first-order valence-corrected chi connectivity index (χ1v) is 7.37. The molecule has 2 rings (SSSR count). The van der Waals surface area contributed by atoms with Crippen LogP contribution in [-0.2, 0) is 11.3 Å². The van der Waals surface area contributed by atoms with Gasteiger partial charge in [-0.15, -0.1) is 10.2 Å². The first-order valence-electron chi connectivity index (χ1n) is 6.39. The fourth-order valence-electron chi connectivity index (χ4n) is 2.00. The largest absolute Gasteiger partial charge is 0.481 e. The van der Waals surface area contributed by atoms with Crippen molar-refractivity contribution in [2.75, 3.05) is 5.75 Å². The minimum atomic E-state index is -0.853. The quantitative estimate of drug-likeness (QED) is 0.858. The lowest BCUT2D eigenvalue weighted by atomic mass is 10.0. The summed E-state index contributed by atoms with van der Waals surface area (Å²) >= 11 is 1.20. The second kappa shape index (κ2) is 6.09. The standard InChI is InChI=1S/C14H17N3O2S/c1-4-17-13(11-7-5-6-9(2)10(11)3)15-16-14(17)20-8-12(18)19/h5-7H,4,8H2,1-3H3,(H,18,19). The smallest absolute Gasteiger partial charge is 0.313 e. The zero-order valence-corrected chi connectivity index (χ0v) is 12.6. The number of aromatic nitrogens is 3. The normalized spacial score (nSPS) is 10.8. The highest BCUT2D eigenvalue weighted by atomic mass is 32.2. The van der Waals surface area contributed by atoms with Gasteiger partial charge < -0.3 is 9.67 Å². The first-order chi connectivity index (χ1) is 9.54. The Hall–Kier alpha value is -1.82. The van der Waals surface area contributed by atoms with Crippen molar-refractivity contribution in [1.82, 2.24) is 14.8 Å². The van der Waals surface area contributed by atoms with Crippen molar-refractivity contribution in [2.24, 2.45) is 0 Å². The molecule has 5 nitrogen and oxygen atoms in total. The van der Waals surface area contributed by atoms with E-state index in [1.807, 2.05) is 23.6 Å². The molecule has 6 heteroatoms. The molecule has 0 bridgehead atoms. The number of benzene rings is 1. The fourth-order valence-corrected chi connectivity index (χ4v) is 2.72. The summed E-state index contributed by atoms with van der Waals surface area (Å²) in [4.78, 5) is 10.7. The highest BCUT2D eigenvalue weighted by Gasteiger charge is 2.16. The van der Waals surface area contributed by atoms with Crippen LogP contribution in [-0.4, -0.2) is 31.6 Å². The number of carboxylic acids is 1. The van der Waals surface area contributed by atoms with Crippen LogP contribution in [0.4, 0.5) is 0 Å².